The Morgan fingerprint density at radius 3 is 2.32 bits per heavy atom. The molecular weight excluding hydrogens is 487 g/mol. The first kappa shape index (κ1) is 27.1. The molecule has 0 fully saturated rings. The summed E-state index contributed by atoms with van der Waals surface area (Å²) in [5, 5.41) is 21.6. The lowest BCUT2D eigenvalue weighted by Crippen LogP contribution is -2.14. The molecule has 0 saturated carbocycles. The Morgan fingerprint density at radius 2 is 1.82 bits per heavy atom. The predicted molar refractivity (Wildman–Crippen MR) is 115 cm³/mol. The number of alkyl halides is 3. The molecule has 0 radical (unpaired) electrons. The largest absolute Gasteiger partial charge is 0.507 e. The van der Waals surface area contributed by atoms with Crippen LogP contribution in [0.2, 0.25) is 5.02 Å². The molecule has 0 aliphatic carbocycles. The number of nitrogens with zero attached hydrogens (tertiary/aromatic N) is 1. The van der Waals surface area contributed by atoms with E-state index in [4.69, 9.17) is 16.0 Å². The standard InChI is InChI=1S/C19H15ClF2N2O4.C3H5F3/c1-2-16-14(8-25)23-19(28-16)9-7-15(26)10(6-13(9)22)18(27)24-17-11(20)4-3-5-12(17)21;1-2-3(4,5)6/h3-7,25-26H,2,8H2,1H3,(H,24,27);2H2,1H3. The quantitative estimate of drug-likeness (QED) is 0.356. The van der Waals surface area contributed by atoms with E-state index in [0.717, 1.165) is 25.1 Å². The maximum Gasteiger partial charge on any atom is 0.388 e. The number of nitrogens with one attached hydrogen (secondary N) is 1. The fourth-order valence-electron chi connectivity index (χ4n) is 2.60. The Labute approximate surface area is 196 Å². The molecule has 1 aromatic heterocycles. The number of aliphatic hydroxyl groups excluding tert-OH is 1. The highest BCUT2D eigenvalue weighted by Crippen LogP contribution is 2.32. The minimum Gasteiger partial charge on any atom is -0.507 e. The Balaban J connectivity index is 0.000000604. The smallest absolute Gasteiger partial charge is 0.388 e. The average molecular weight is 507 g/mol. The third-order valence-corrected chi connectivity index (χ3v) is 4.73. The number of anilines is 1. The molecular formula is C22H20ClF5N2O4. The number of benzene rings is 2. The Hall–Kier alpha value is -3.18. The second kappa shape index (κ2) is 11.3. The number of hydrogen-bond donors (Lipinski definition) is 3. The molecule has 3 rings (SSSR count). The summed E-state index contributed by atoms with van der Waals surface area (Å²) in [4.78, 5) is 16.4. The number of aliphatic hydroxyl groups is 1. The number of carbonyl (C=O) groups excluding carboxylic acids is 1. The summed E-state index contributed by atoms with van der Waals surface area (Å²) < 4.78 is 66.2. The molecule has 6 nitrogen and oxygen atoms in total. The number of phenolic OH excluding ortho intramolecular Hbond substituents is 1. The van der Waals surface area contributed by atoms with Gasteiger partial charge in [-0.25, -0.2) is 13.8 Å². The number of rotatable bonds is 5. The van der Waals surface area contributed by atoms with Crippen molar-refractivity contribution in [3.63, 3.8) is 0 Å². The van der Waals surface area contributed by atoms with E-state index in [1.54, 1.807) is 6.92 Å². The van der Waals surface area contributed by atoms with Crippen molar-refractivity contribution in [3.8, 4) is 17.2 Å². The van der Waals surface area contributed by atoms with Gasteiger partial charge >= 0.3 is 6.18 Å². The number of amides is 1. The highest BCUT2D eigenvalue weighted by atomic mass is 35.5. The third-order valence-electron chi connectivity index (χ3n) is 4.41. The van der Waals surface area contributed by atoms with Crippen molar-refractivity contribution in [2.75, 3.05) is 5.32 Å². The Kier molecular flexibility index (Phi) is 9.00. The van der Waals surface area contributed by atoms with Gasteiger partial charge in [0.2, 0.25) is 5.89 Å². The van der Waals surface area contributed by atoms with Gasteiger partial charge in [-0.3, -0.25) is 4.79 Å². The van der Waals surface area contributed by atoms with Crippen LogP contribution < -0.4 is 5.32 Å². The van der Waals surface area contributed by atoms with E-state index in [-0.39, 0.29) is 34.5 Å². The summed E-state index contributed by atoms with van der Waals surface area (Å²) in [7, 11) is 0. The molecule has 1 heterocycles. The summed E-state index contributed by atoms with van der Waals surface area (Å²) in [5.41, 5.74) is -0.643. The fourth-order valence-corrected chi connectivity index (χ4v) is 2.81. The van der Waals surface area contributed by atoms with Crippen LogP contribution in [0.3, 0.4) is 0 Å². The van der Waals surface area contributed by atoms with Gasteiger partial charge in [-0.05, 0) is 24.3 Å². The summed E-state index contributed by atoms with van der Waals surface area (Å²) in [5.74, 6) is -2.95. The van der Waals surface area contributed by atoms with Crippen LogP contribution in [0.5, 0.6) is 5.75 Å². The van der Waals surface area contributed by atoms with Crippen molar-refractivity contribution in [2.24, 2.45) is 0 Å². The molecule has 0 spiro atoms. The number of phenols is 1. The molecule has 0 unspecified atom stereocenters. The maximum atomic E-state index is 14.6. The van der Waals surface area contributed by atoms with Gasteiger partial charge in [-0.1, -0.05) is 31.5 Å². The van der Waals surface area contributed by atoms with Crippen molar-refractivity contribution in [3.05, 3.63) is 64.0 Å². The van der Waals surface area contributed by atoms with Crippen LogP contribution in [0.1, 0.15) is 42.1 Å². The molecule has 3 aromatic rings. The number of halogens is 6. The number of aryl methyl sites for hydroxylation is 1. The molecule has 2 aromatic carbocycles. The first-order valence-electron chi connectivity index (χ1n) is 9.86. The Bertz CT molecular complexity index is 1120. The molecule has 0 atom stereocenters. The normalized spacial score (nSPS) is 11.1. The van der Waals surface area contributed by atoms with Crippen LogP contribution >= 0.6 is 11.6 Å². The van der Waals surface area contributed by atoms with Crippen molar-refractivity contribution in [1.29, 1.82) is 0 Å². The van der Waals surface area contributed by atoms with Crippen LogP contribution in [-0.2, 0) is 13.0 Å². The van der Waals surface area contributed by atoms with Gasteiger partial charge in [0, 0.05) is 12.8 Å². The van der Waals surface area contributed by atoms with Crippen LogP contribution in [-0.4, -0.2) is 27.3 Å². The van der Waals surface area contributed by atoms with Gasteiger partial charge in [0.1, 0.15) is 28.8 Å². The summed E-state index contributed by atoms with van der Waals surface area (Å²) in [6.45, 7) is 2.47. The molecule has 1 amide bonds. The lowest BCUT2D eigenvalue weighted by molar-refractivity contribution is -0.130. The van der Waals surface area contributed by atoms with E-state index in [9.17, 15) is 37.0 Å². The minimum absolute atomic E-state index is 0.0478. The van der Waals surface area contributed by atoms with E-state index in [1.807, 2.05) is 0 Å². The topological polar surface area (TPSA) is 95.6 Å². The van der Waals surface area contributed by atoms with Gasteiger partial charge in [-0.2, -0.15) is 13.2 Å². The number of para-hydroxylation sites is 1. The van der Waals surface area contributed by atoms with Crippen LogP contribution in [0, 0.1) is 11.6 Å². The molecule has 0 aliphatic rings. The SMILES string of the molecule is CCC(F)(F)F.CCc1oc(-c2cc(O)c(C(=O)Nc3c(F)cccc3Cl)cc2F)nc1CO. The molecule has 0 aliphatic heterocycles. The van der Waals surface area contributed by atoms with Gasteiger partial charge in [0.05, 0.1) is 28.4 Å². The Morgan fingerprint density at radius 1 is 1.18 bits per heavy atom. The molecule has 34 heavy (non-hydrogen) atoms. The van der Waals surface area contributed by atoms with Crippen molar-refractivity contribution in [2.45, 2.75) is 39.5 Å². The summed E-state index contributed by atoms with van der Waals surface area (Å²) in [6, 6.07) is 5.58. The number of carbonyl (C=O) groups is 1. The molecule has 3 N–H and O–H groups in total. The summed E-state index contributed by atoms with van der Waals surface area (Å²) >= 11 is 5.85. The molecule has 0 saturated heterocycles. The second-order valence-corrected chi connectivity index (χ2v) is 7.18. The predicted octanol–water partition coefficient (Wildman–Crippen LogP) is 6.24. The van der Waals surface area contributed by atoms with E-state index >= 15 is 0 Å². The van der Waals surface area contributed by atoms with Crippen LogP contribution in [0.25, 0.3) is 11.5 Å². The second-order valence-electron chi connectivity index (χ2n) is 6.77. The number of aromatic nitrogens is 1. The van der Waals surface area contributed by atoms with Gasteiger partial charge in [0.15, 0.2) is 0 Å². The lowest BCUT2D eigenvalue weighted by Gasteiger charge is -2.10. The first-order chi connectivity index (χ1) is 15.9. The summed E-state index contributed by atoms with van der Waals surface area (Å²) in [6.07, 6.45) is -4.26. The van der Waals surface area contributed by atoms with Crippen molar-refractivity contribution in [1.82, 2.24) is 4.98 Å². The zero-order valence-electron chi connectivity index (χ0n) is 17.9. The van der Waals surface area contributed by atoms with Gasteiger partial charge < -0.3 is 19.9 Å². The zero-order valence-corrected chi connectivity index (χ0v) is 18.7. The number of aromatic hydroxyl groups is 1. The minimum atomic E-state index is -3.96. The fraction of sp³-hybridized carbons (Fsp3) is 0.273. The number of hydrogen-bond acceptors (Lipinski definition) is 5. The van der Waals surface area contributed by atoms with Crippen LogP contribution in [0.4, 0.5) is 27.6 Å². The van der Waals surface area contributed by atoms with E-state index in [2.05, 4.69) is 10.3 Å². The maximum absolute atomic E-state index is 14.6. The third kappa shape index (κ3) is 6.67. The lowest BCUT2D eigenvalue weighted by atomic mass is 10.1. The molecule has 0 bridgehead atoms. The van der Waals surface area contributed by atoms with Gasteiger partial charge in [0.25, 0.3) is 5.91 Å². The number of oxazole rings is 1. The average Bonchev–Trinajstić information content (AvgIpc) is 3.20. The molecule has 12 heteroatoms. The highest BCUT2D eigenvalue weighted by molar-refractivity contribution is 6.34. The molecule has 184 valence electrons. The van der Waals surface area contributed by atoms with Crippen molar-refractivity contribution < 1.29 is 41.4 Å². The van der Waals surface area contributed by atoms with Gasteiger partial charge in [-0.15, -0.1) is 0 Å². The highest BCUT2D eigenvalue weighted by Gasteiger charge is 2.23. The van der Waals surface area contributed by atoms with E-state index in [1.165, 1.54) is 12.1 Å². The zero-order chi connectivity index (χ0) is 25.6. The van der Waals surface area contributed by atoms with E-state index < -0.39 is 41.5 Å². The van der Waals surface area contributed by atoms with Crippen molar-refractivity contribution >= 4 is 23.2 Å². The first-order valence-corrected chi connectivity index (χ1v) is 10.2. The monoisotopic (exact) mass is 506 g/mol. The van der Waals surface area contributed by atoms with Crippen LogP contribution in [0.15, 0.2) is 34.7 Å². The van der Waals surface area contributed by atoms with E-state index in [0.29, 0.717) is 12.2 Å².